The van der Waals surface area contributed by atoms with Gasteiger partial charge in [-0.25, -0.2) is 9.18 Å². The first-order valence-electron chi connectivity index (χ1n) is 9.94. The fourth-order valence-electron chi connectivity index (χ4n) is 3.91. The Balaban J connectivity index is 1.73. The molecule has 0 heterocycles. The number of carboxylic acid groups (broad SMARTS) is 1. The molecule has 158 valence electrons. The number of hydrogen-bond donors (Lipinski definition) is 2. The molecule has 0 amide bonds. The highest BCUT2D eigenvalue weighted by molar-refractivity contribution is 6.30. The van der Waals surface area contributed by atoms with Gasteiger partial charge in [-0.3, -0.25) is 0 Å². The van der Waals surface area contributed by atoms with E-state index >= 15 is 0 Å². The van der Waals surface area contributed by atoms with Crippen molar-refractivity contribution >= 4 is 34.4 Å². The van der Waals surface area contributed by atoms with E-state index in [1.54, 1.807) is 30.3 Å². The predicted octanol–water partition coefficient (Wildman–Crippen LogP) is 6.43. The molecule has 0 bridgehead atoms. The second-order valence-corrected chi connectivity index (χ2v) is 7.95. The summed E-state index contributed by atoms with van der Waals surface area (Å²) >= 11 is 6.30. The Morgan fingerprint density at radius 2 is 1.77 bits per heavy atom. The first kappa shape index (κ1) is 20.9. The van der Waals surface area contributed by atoms with Gasteiger partial charge in [0.15, 0.2) is 0 Å². The van der Waals surface area contributed by atoms with Crippen LogP contribution in [0.1, 0.15) is 46.3 Å². The third-order valence-corrected chi connectivity index (χ3v) is 5.58. The number of carboxylic acids is 1. The molecule has 6 heteroatoms. The molecule has 4 nitrogen and oxygen atoms in total. The van der Waals surface area contributed by atoms with Gasteiger partial charge in [0.1, 0.15) is 18.2 Å². The van der Waals surface area contributed by atoms with Gasteiger partial charge < -0.3 is 15.6 Å². The maximum Gasteiger partial charge on any atom is 0.335 e. The van der Waals surface area contributed by atoms with E-state index in [-0.39, 0.29) is 11.4 Å². The summed E-state index contributed by atoms with van der Waals surface area (Å²) in [5.41, 5.74) is 11.2. The van der Waals surface area contributed by atoms with E-state index in [1.165, 1.54) is 18.2 Å². The number of aromatic carboxylic acids is 1. The fraction of sp³-hybridized carbons (Fsp3) is 0.160. The summed E-state index contributed by atoms with van der Waals surface area (Å²) in [6.07, 6.45) is 2.56. The minimum absolute atomic E-state index is 0.160. The summed E-state index contributed by atoms with van der Waals surface area (Å²) in [7, 11) is 0. The zero-order chi connectivity index (χ0) is 22.0. The lowest BCUT2D eigenvalue weighted by atomic mass is 9.95. The molecule has 0 aliphatic heterocycles. The lowest BCUT2D eigenvalue weighted by molar-refractivity contribution is 0.0697. The Morgan fingerprint density at radius 3 is 2.52 bits per heavy atom. The lowest BCUT2D eigenvalue weighted by Gasteiger charge is -2.16. The highest BCUT2D eigenvalue weighted by atomic mass is 35.5. The molecule has 3 N–H and O–H groups in total. The van der Waals surface area contributed by atoms with Crippen LogP contribution in [0.25, 0.3) is 11.1 Å². The number of halogens is 2. The molecule has 0 fully saturated rings. The number of anilines is 1. The summed E-state index contributed by atoms with van der Waals surface area (Å²) in [6.45, 7) is 0.291. The van der Waals surface area contributed by atoms with E-state index in [2.05, 4.69) is 0 Å². The minimum Gasteiger partial charge on any atom is -0.488 e. The van der Waals surface area contributed by atoms with Crippen LogP contribution >= 0.6 is 11.6 Å². The first-order chi connectivity index (χ1) is 14.9. The van der Waals surface area contributed by atoms with Crippen molar-refractivity contribution in [1.82, 2.24) is 0 Å². The third-order valence-electron chi connectivity index (χ3n) is 5.34. The number of nitrogen functional groups attached to an aromatic ring is 1. The van der Waals surface area contributed by atoms with E-state index in [9.17, 15) is 14.3 Å². The van der Waals surface area contributed by atoms with Crippen LogP contribution in [0.2, 0.25) is 5.02 Å². The number of ether oxygens (including phenoxy) is 1. The molecule has 0 radical (unpaired) electrons. The van der Waals surface area contributed by atoms with E-state index in [1.807, 2.05) is 12.1 Å². The van der Waals surface area contributed by atoms with E-state index in [0.29, 0.717) is 23.1 Å². The lowest BCUT2D eigenvalue weighted by Crippen LogP contribution is -2.01. The van der Waals surface area contributed by atoms with Gasteiger partial charge >= 0.3 is 5.97 Å². The fourth-order valence-corrected chi connectivity index (χ4v) is 4.09. The number of rotatable bonds is 6. The van der Waals surface area contributed by atoms with Crippen molar-refractivity contribution in [2.75, 3.05) is 5.73 Å². The highest BCUT2D eigenvalue weighted by Crippen LogP contribution is 2.44. The number of carbonyl (C=O) groups is 1. The normalized spacial score (nSPS) is 13.5. The van der Waals surface area contributed by atoms with E-state index in [4.69, 9.17) is 22.1 Å². The molecular formula is C25H21ClFNO3. The van der Waals surface area contributed by atoms with Crippen molar-refractivity contribution < 1.29 is 19.0 Å². The molecule has 0 saturated carbocycles. The van der Waals surface area contributed by atoms with Crippen molar-refractivity contribution in [3.8, 4) is 5.75 Å². The van der Waals surface area contributed by atoms with Gasteiger partial charge in [0, 0.05) is 16.3 Å². The standard InChI is InChI=1S/C25H21ClFNO3/c26-18-6-9-24(31-14-15-4-7-19(27)8-5-15)23(13-18)22-3-1-2-21(22)16-10-17(25(29)30)12-20(28)11-16/h4-13H,1-3,14,28H2,(H,29,30). The average molecular weight is 438 g/mol. The zero-order valence-electron chi connectivity index (χ0n) is 16.7. The van der Waals surface area contributed by atoms with Crippen molar-refractivity contribution in [3.63, 3.8) is 0 Å². The predicted molar refractivity (Wildman–Crippen MR) is 121 cm³/mol. The number of allylic oxidation sites excluding steroid dienone is 2. The molecule has 0 unspecified atom stereocenters. The molecule has 0 aromatic heterocycles. The topological polar surface area (TPSA) is 72.6 Å². The van der Waals surface area contributed by atoms with Crippen molar-refractivity contribution in [3.05, 3.63) is 93.8 Å². The Hall–Kier alpha value is -3.31. The largest absolute Gasteiger partial charge is 0.488 e. The quantitative estimate of drug-likeness (QED) is 0.435. The molecule has 31 heavy (non-hydrogen) atoms. The highest BCUT2D eigenvalue weighted by Gasteiger charge is 2.22. The Morgan fingerprint density at radius 1 is 1.03 bits per heavy atom. The molecule has 3 aromatic rings. The maximum absolute atomic E-state index is 13.2. The van der Waals surface area contributed by atoms with E-state index in [0.717, 1.165) is 47.1 Å². The molecule has 4 rings (SSSR count). The molecule has 0 atom stereocenters. The second-order valence-electron chi connectivity index (χ2n) is 7.52. The summed E-state index contributed by atoms with van der Waals surface area (Å²) in [5.74, 6) is -0.634. The average Bonchev–Trinajstić information content (AvgIpc) is 3.23. The summed E-state index contributed by atoms with van der Waals surface area (Å²) < 4.78 is 19.2. The SMILES string of the molecule is Nc1cc(C(=O)O)cc(C2=C(c3cc(Cl)ccc3OCc3ccc(F)cc3)CCC2)c1. The number of nitrogens with two attached hydrogens (primary N) is 1. The van der Waals surface area contributed by atoms with Crippen LogP contribution in [0.3, 0.4) is 0 Å². The third kappa shape index (κ3) is 4.72. The summed E-state index contributed by atoms with van der Waals surface area (Å²) in [4.78, 5) is 11.5. The van der Waals surface area contributed by atoms with Gasteiger partial charge in [-0.15, -0.1) is 0 Å². The van der Waals surface area contributed by atoms with Crippen molar-refractivity contribution in [2.45, 2.75) is 25.9 Å². The van der Waals surface area contributed by atoms with Crippen LogP contribution in [-0.2, 0) is 6.61 Å². The van der Waals surface area contributed by atoms with Gasteiger partial charge in [0.2, 0.25) is 0 Å². The Labute approximate surface area is 184 Å². The van der Waals surface area contributed by atoms with Gasteiger partial charge in [-0.2, -0.15) is 0 Å². The number of benzene rings is 3. The molecule has 1 aliphatic rings. The second kappa shape index (κ2) is 8.82. The molecule has 3 aromatic carbocycles. The Kier molecular flexibility index (Phi) is 5.96. The zero-order valence-corrected chi connectivity index (χ0v) is 17.5. The molecule has 0 spiro atoms. The Bertz CT molecular complexity index is 1170. The van der Waals surface area contributed by atoms with Gasteiger partial charge in [-0.05, 0) is 90.1 Å². The van der Waals surface area contributed by atoms with Crippen LogP contribution in [0.15, 0.2) is 60.7 Å². The molecule has 0 saturated heterocycles. The maximum atomic E-state index is 13.2. The van der Waals surface area contributed by atoms with E-state index < -0.39 is 5.97 Å². The monoisotopic (exact) mass is 437 g/mol. The number of hydrogen-bond acceptors (Lipinski definition) is 3. The van der Waals surface area contributed by atoms with Crippen LogP contribution in [-0.4, -0.2) is 11.1 Å². The van der Waals surface area contributed by atoms with Crippen molar-refractivity contribution in [2.24, 2.45) is 0 Å². The minimum atomic E-state index is -1.01. The van der Waals surface area contributed by atoms with Crippen LogP contribution < -0.4 is 10.5 Å². The van der Waals surface area contributed by atoms with Crippen LogP contribution in [0.5, 0.6) is 5.75 Å². The molecule has 1 aliphatic carbocycles. The van der Waals surface area contributed by atoms with Crippen LogP contribution in [0.4, 0.5) is 10.1 Å². The van der Waals surface area contributed by atoms with Crippen LogP contribution in [0, 0.1) is 5.82 Å². The van der Waals surface area contributed by atoms with Crippen molar-refractivity contribution in [1.29, 1.82) is 0 Å². The van der Waals surface area contributed by atoms with Gasteiger partial charge in [-0.1, -0.05) is 23.7 Å². The summed E-state index contributed by atoms with van der Waals surface area (Å²) in [5, 5.41) is 9.99. The molecular weight excluding hydrogens is 417 g/mol. The van der Waals surface area contributed by atoms with Gasteiger partial charge in [0.05, 0.1) is 5.56 Å². The smallest absolute Gasteiger partial charge is 0.335 e. The summed E-state index contributed by atoms with van der Waals surface area (Å²) in [6, 6.07) is 16.5. The van der Waals surface area contributed by atoms with Gasteiger partial charge in [0.25, 0.3) is 0 Å². The first-order valence-corrected chi connectivity index (χ1v) is 10.3.